The van der Waals surface area contributed by atoms with Gasteiger partial charge in [0.25, 0.3) is 5.91 Å². The first-order valence-corrected chi connectivity index (χ1v) is 7.17. The number of benzene rings is 1. The molecule has 7 nitrogen and oxygen atoms in total. The maximum Gasteiger partial charge on any atom is 0.356 e. The first-order valence-electron chi connectivity index (χ1n) is 6.22. The average molecular weight is 314 g/mol. The van der Waals surface area contributed by atoms with Crippen LogP contribution in [-0.2, 0) is 0 Å². The summed E-state index contributed by atoms with van der Waals surface area (Å²) >= 11 is 1.34. The quantitative estimate of drug-likeness (QED) is 0.770. The zero-order valence-electron chi connectivity index (χ0n) is 11.1. The van der Waals surface area contributed by atoms with Crippen LogP contribution in [0, 0.1) is 0 Å². The summed E-state index contributed by atoms with van der Waals surface area (Å²) in [5.41, 5.74) is 3.11. The number of aromatic carboxylic acids is 1. The Morgan fingerprint density at radius 3 is 2.77 bits per heavy atom. The predicted molar refractivity (Wildman–Crippen MR) is 80.6 cm³/mol. The van der Waals surface area contributed by atoms with Gasteiger partial charge in [0.15, 0.2) is 5.69 Å². The average Bonchev–Trinajstić information content (AvgIpc) is 3.19. The summed E-state index contributed by atoms with van der Waals surface area (Å²) in [5.74, 6) is -1.39. The van der Waals surface area contributed by atoms with E-state index in [0.717, 1.165) is 0 Å². The van der Waals surface area contributed by atoms with E-state index in [-0.39, 0.29) is 11.6 Å². The Kier molecular flexibility index (Phi) is 3.67. The highest BCUT2D eigenvalue weighted by Crippen LogP contribution is 2.15. The zero-order valence-corrected chi connectivity index (χ0v) is 11.9. The Labute approximate surface area is 128 Å². The number of hydrogen-bond acceptors (Lipinski definition) is 5. The largest absolute Gasteiger partial charge is 0.476 e. The van der Waals surface area contributed by atoms with Gasteiger partial charge in [0.2, 0.25) is 0 Å². The van der Waals surface area contributed by atoms with Crippen molar-refractivity contribution in [2.75, 3.05) is 5.32 Å². The number of carboxylic acid groups (broad SMARTS) is 1. The lowest BCUT2D eigenvalue weighted by Gasteiger charge is -2.06. The van der Waals surface area contributed by atoms with Gasteiger partial charge in [-0.25, -0.2) is 14.5 Å². The molecule has 0 saturated carbocycles. The van der Waals surface area contributed by atoms with Gasteiger partial charge in [0.05, 0.1) is 11.2 Å². The minimum Gasteiger partial charge on any atom is -0.476 e. The van der Waals surface area contributed by atoms with Crippen LogP contribution >= 0.6 is 11.3 Å². The summed E-state index contributed by atoms with van der Waals surface area (Å²) in [4.78, 5) is 26.7. The number of thiazole rings is 1. The lowest BCUT2D eigenvalue weighted by Crippen LogP contribution is -2.12. The number of carbonyl (C=O) groups excluding carboxylic acids is 1. The van der Waals surface area contributed by atoms with Gasteiger partial charge in [0, 0.05) is 17.3 Å². The molecule has 0 aliphatic rings. The zero-order chi connectivity index (χ0) is 15.5. The van der Waals surface area contributed by atoms with Crippen LogP contribution in [0.4, 0.5) is 5.69 Å². The van der Waals surface area contributed by atoms with Crippen LogP contribution in [0.2, 0.25) is 0 Å². The minimum atomic E-state index is -1.09. The van der Waals surface area contributed by atoms with Gasteiger partial charge in [0.1, 0.15) is 5.69 Å². The highest BCUT2D eigenvalue weighted by molar-refractivity contribution is 7.07. The molecule has 0 spiro atoms. The van der Waals surface area contributed by atoms with E-state index in [1.165, 1.54) is 22.1 Å². The minimum absolute atomic E-state index is 0.0445. The van der Waals surface area contributed by atoms with Crippen molar-refractivity contribution in [3.05, 3.63) is 58.8 Å². The number of nitrogens with one attached hydrogen (secondary N) is 1. The molecule has 110 valence electrons. The third kappa shape index (κ3) is 2.86. The highest BCUT2D eigenvalue weighted by atomic mass is 32.1. The normalized spacial score (nSPS) is 10.4. The molecule has 3 rings (SSSR count). The van der Waals surface area contributed by atoms with Crippen LogP contribution in [0.25, 0.3) is 5.69 Å². The number of amides is 1. The Morgan fingerprint density at radius 1 is 1.23 bits per heavy atom. The fourth-order valence-corrected chi connectivity index (χ4v) is 2.36. The highest BCUT2D eigenvalue weighted by Gasteiger charge is 2.10. The molecule has 3 aromatic rings. The van der Waals surface area contributed by atoms with E-state index in [4.69, 9.17) is 5.11 Å². The Bertz CT molecular complexity index is 826. The monoisotopic (exact) mass is 314 g/mol. The lowest BCUT2D eigenvalue weighted by atomic mass is 10.2. The van der Waals surface area contributed by atoms with Crippen LogP contribution in [0.5, 0.6) is 0 Å². The number of rotatable bonds is 4. The van der Waals surface area contributed by atoms with Crippen molar-refractivity contribution in [3.63, 3.8) is 0 Å². The summed E-state index contributed by atoms with van der Waals surface area (Å²) < 4.78 is 1.43. The molecular weight excluding hydrogens is 304 g/mol. The topological polar surface area (TPSA) is 97.1 Å². The van der Waals surface area contributed by atoms with Gasteiger partial charge in [-0.2, -0.15) is 5.10 Å². The third-order valence-electron chi connectivity index (χ3n) is 2.84. The molecule has 1 aromatic carbocycles. The summed E-state index contributed by atoms with van der Waals surface area (Å²) in [6.45, 7) is 0. The molecule has 0 aliphatic heterocycles. The molecule has 22 heavy (non-hydrogen) atoms. The Hall–Kier alpha value is -3.00. The standard InChI is InChI=1S/C14H10N4O3S/c19-13(12-7-22-8-15-12)16-9-2-1-3-10(6-9)18-5-4-11(17-18)14(20)21/h1-8H,(H,16,19)(H,20,21). The Morgan fingerprint density at radius 2 is 2.09 bits per heavy atom. The second-order valence-corrected chi connectivity index (χ2v) is 5.05. The van der Waals surface area contributed by atoms with Crippen LogP contribution in [-0.4, -0.2) is 31.7 Å². The smallest absolute Gasteiger partial charge is 0.356 e. The second kappa shape index (κ2) is 5.78. The second-order valence-electron chi connectivity index (χ2n) is 4.33. The number of carbonyl (C=O) groups is 2. The third-order valence-corrected chi connectivity index (χ3v) is 3.43. The van der Waals surface area contributed by atoms with E-state index in [1.807, 2.05) is 0 Å². The van der Waals surface area contributed by atoms with Gasteiger partial charge < -0.3 is 10.4 Å². The van der Waals surface area contributed by atoms with Crippen molar-refractivity contribution in [3.8, 4) is 5.69 Å². The molecule has 0 aliphatic carbocycles. The van der Waals surface area contributed by atoms with E-state index in [2.05, 4.69) is 15.4 Å². The van der Waals surface area contributed by atoms with Crippen molar-refractivity contribution < 1.29 is 14.7 Å². The summed E-state index contributed by atoms with van der Waals surface area (Å²) in [5, 5.41) is 17.2. The summed E-state index contributed by atoms with van der Waals surface area (Å²) in [7, 11) is 0. The van der Waals surface area contributed by atoms with Crippen LogP contribution in [0.1, 0.15) is 21.0 Å². The van der Waals surface area contributed by atoms with Gasteiger partial charge in [-0.1, -0.05) is 6.07 Å². The van der Waals surface area contributed by atoms with Crippen molar-refractivity contribution in [2.24, 2.45) is 0 Å². The van der Waals surface area contributed by atoms with Crippen molar-refractivity contribution in [1.82, 2.24) is 14.8 Å². The maximum atomic E-state index is 11.9. The van der Waals surface area contributed by atoms with E-state index in [1.54, 1.807) is 41.4 Å². The fourth-order valence-electron chi connectivity index (χ4n) is 1.83. The molecule has 0 radical (unpaired) electrons. The van der Waals surface area contributed by atoms with E-state index in [9.17, 15) is 9.59 Å². The van der Waals surface area contributed by atoms with Gasteiger partial charge in [-0.3, -0.25) is 4.79 Å². The number of carboxylic acids is 1. The van der Waals surface area contributed by atoms with Crippen molar-refractivity contribution in [2.45, 2.75) is 0 Å². The number of hydrogen-bond donors (Lipinski definition) is 2. The van der Waals surface area contributed by atoms with E-state index in [0.29, 0.717) is 17.1 Å². The molecule has 1 amide bonds. The molecule has 2 heterocycles. The molecule has 0 fully saturated rings. The summed E-state index contributed by atoms with van der Waals surface area (Å²) in [6, 6.07) is 8.34. The molecule has 0 unspecified atom stereocenters. The molecule has 2 N–H and O–H groups in total. The van der Waals surface area contributed by atoms with E-state index >= 15 is 0 Å². The number of nitrogens with zero attached hydrogens (tertiary/aromatic N) is 3. The number of anilines is 1. The molecule has 8 heteroatoms. The molecule has 0 bridgehead atoms. The molecular formula is C14H10N4O3S. The number of aromatic nitrogens is 3. The maximum absolute atomic E-state index is 11.9. The SMILES string of the molecule is O=C(O)c1ccn(-c2cccc(NC(=O)c3cscn3)c2)n1. The van der Waals surface area contributed by atoms with Crippen molar-refractivity contribution in [1.29, 1.82) is 0 Å². The summed E-state index contributed by atoms with van der Waals surface area (Å²) in [6.07, 6.45) is 1.55. The van der Waals surface area contributed by atoms with Crippen molar-refractivity contribution >= 4 is 28.9 Å². The van der Waals surface area contributed by atoms with Crippen LogP contribution in [0.3, 0.4) is 0 Å². The molecule has 0 atom stereocenters. The first kappa shape index (κ1) is 14.0. The van der Waals surface area contributed by atoms with Gasteiger partial charge in [-0.15, -0.1) is 11.3 Å². The first-order chi connectivity index (χ1) is 10.6. The van der Waals surface area contributed by atoms with Crippen LogP contribution < -0.4 is 5.32 Å². The van der Waals surface area contributed by atoms with Gasteiger partial charge in [-0.05, 0) is 24.3 Å². The molecule has 0 saturated heterocycles. The lowest BCUT2D eigenvalue weighted by molar-refractivity contribution is 0.0689. The fraction of sp³-hybridized carbons (Fsp3) is 0. The van der Waals surface area contributed by atoms with Crippen LogP contribution in [0.15, 0.2) is 47.4 Å². The van der Waals surface area contributed by atoms with E-state index < -0.39 is 5.97 Å². The molecule has 2 aromatic heterocycles. The van der Waals surface area contributed by atoms with Gasteiger partial charge >= 0.3 is 5.97 Å². The Balaban J connectivity index is 1.83. The predicted octanol–water partition coefficient (Wildman–Crippen LogP) is 2.28.